The van der Waals surface area contributed by atoms with E-state index in [0.29, 0.717) is 11.0 Å². The topological polar surface area (TPSA) is 72.5 Å². The lowest BCUT2D eigenvalue weighted by atomic mass is 10.1. The van der Waals surface area contributed by atoms with Crippen LogP contribution in [0.4, 0.5) is 43.7 Å². The average Bonchev–Trinajstić information content (AvgIpc) is 2.89. The van der Waals surface area contributed by atoms with E-state index in [4.69, 9.17) is 16.7 Å². The first kappa shape index (κ1) is 18.4. The molecule has 1 aromatic heterocycles. The highest BCUT2D eigenvalue weighted by molar-refractivity contribution is 5.62. The van der Waals surface area contributed by atoms with Crippen LogP contribution in [0, 0.1) is 6.57 Å². The molecule has 0 aliphatic carbocycles. The molecule has 0 radical (unpaired) electrons. The van der Waals surface area contributed by atoms with E-state index in [2.05, 4.69) is 15.0 Å². The predicted molar refractivity (Wildman–Crippen MR) is 73.5 cm³/mol. The number of halogens is 6. The van der Waals surface area contributed by atoms with Gasteiger partial charge in [-0.15, -0.1) is 5.10 Å². The minimum Gasteiger partial charge on any atom is -0.406 e. The van der Waals surface area contributed by atoms with Gasteiger partial charge in [-0.1, -0.05) is 11.2 Å². The summed E-state index contributed by atoms with van der Waals surface area (Å²) in [5, 5.41) is 6.67. The van der Waals surface area contributed by atoms with Gasteiger partial charge in [0.05, 0.1) is 18.7 Å². The van der Waals surface area contributed by atoms with Crippen molar-refractivity contribution in [3.63, 3.8) is 0 Å². The molecule has 1 heterocycles. The van der Waals surface area contributed by atoms with Crippen LogP contribution >= 0.6 is 0 Å². The van der Waals surface area contributed by atoms with Gasteiger partial charge in [0.1, 0.15) is 6.54 Å². The maximum absolute atomic E-state index is 13.0. The van der Waals surface area contributed by atoms with E-state index in [1.807, 2.05) is 0 Å². The predicted octanol–water partition coefficient (Wildman–Crippen LogP) is 3.79. The van der Waals surface area contributed by atoms with Crippen molar-refractivity contribution < 1.29 is 30.8 Å². The number of nitrogen functional groups attached to an aromatic ring is 1. The van der Waals surface area contributed by atoms with Gasteiger partial charge in [0.2, 0.25) is 5.89 Å². The molecule has 0 aliphatic rings. The standard InChI is InChI=1S/C13H9F6N5O/c1-21-9-3-2-7(4-8(9)13(17,18)19)24(6-12(14,15)16)5-10-22-23-11(20)25-10/h2-4H,5-6H2,(H2,20,23). The summed E-state index contributed by atoms with van der Waals surface area (Å²) in [5.41, 5.74) is 2.71. The molecule has 0 fully saturated rings. The number of aromatic nitrogens is 2. The van der Waals surface area contributed by atoms with E-state index >= 15 is 0 Å². The Hall–Kier alpha value is -2.97. The van der Waals surface area contributed by atoms with Crippen molar-refractivity contribution in [2.24, 2.45) is 0 Å². The van der Waals surface area contributed by atoms with Gasteiger partial charge in [-0.25, -0.2) is 4.85 Å². The Morgan fingerprint density at radius 1 is 1.16 bits per heavy atom. The Kier molecular flexibility index (Phi) is 4.78. The molecule has 12 heteroatoms. The molecule has 1 aromatic carbocycles. The number of hydrogen-bond acceptors (Lipinski definition) is 5. The van der Waals surface area contributed by atoms with E-state index in [9.17, 15) is 26.3 Å². The molecule has 6 nitrogen and oxygen atoms in total. The molecule has 25 heavy (non-hydrogen) atoms. The molecule has 0 bridgehead atoms. The lowest BCUT2D eigenvalue weighted by Crippen LogP contribution is -2.34. The second-order valence-electron chi connectivity index (χ2n) is 4.82. The molecule has 0 saturated heterocycles. The monoisotopic (exact) mass is 365 g/mol. The molecule has 0 unspecified atom stereocenters. The molecule has 2 rings (SSSR count). The van der Waals surface area contributed by atoms with Crippen molar-refractivity contribution in [1.29, 1.82) is 0 Å². The highest BCUT2D eigenvalue weighted by Gasteiger charge is 2.36. The summed E-state index contributed by atoms with van der Waals surface area (Å²) in [5.74, 6) is -0.301. The molecular formula is C13H9F6N5O. The van der Waals surface area contributed by atoms with Crippen LogP contribution in [-0.2, 0) is 12.7 Å². The minimum absolute atomic E-state index is 0.301. The van der Waals surface area contributed by atoms with E-state index in [1.165, 1.54) is 0 Å². The number of nitrogens with two attached hydrogens (primary N) is 1. The summed E-state index contributed by atoms with van der Waals surface area (Å²) in [6.07, 6.45) is -9.60. The van der Waals surface area contributed by atoms with E-state index in [0.717, 1.165) is 12.1 Å². The number of anilines is 2. The van der Waals surface area contributed by atoms with Crippen LogP contribution in [0.25, 0.3) is 4.85 Å². The third-order valence-electron chi connectivity index (χ3n) is 2.95. The summed E-state index contributed by atoms with van der Waals surface area (Å²) >= 11 is 0. The van der Waals surface area contributed by atoms with Crippen molar-refractivity contribution in [2.45, 2.75) is 18.9 Å². The Morgan fingerprint density at radius 3 is 2.32 bits per heavy atom. The van der Waals surface area contributed by atoms with Crippen molar-refractivity contribution >= 4 is 17.4 Å². The molecule has 2 aromatic rings. The van der Waals surface area contributed by atoms with Crippen LogP contribution in [0.5, 0.6) is 0 Å². The quantitative estimate of drug-likeness (QED) is 0.659. The van der Waals surface area contributed by atoms with E-state index < -0.39 is 42.4 Å². The minimum atomic E-state index is -4.89. The molecule has 134 valence electrons. The third-order valence-corrected chi connectivity index (χ3v) is 2.95. The molecule has 0 spiro atoms. The largest absolute Gasteiger partial charge is 0.407 e. The van der Waals surface area contributed by atoms with Gasteiger partial charge < -0.3 is 15.1 Å². The summed E-state index contributed by atoms with van der Waals surface area (Å²) in [7, 11) is 0. The zero-order chi connectivity index (χ0) is 18.8. The Labute approximate surface area is 136 Å². The summed E-state index contributed by atoms with van der Waals surface area (Å²) in [4.78, 5) is 3.30. The van der Waals surface area contributed by atoms with Crippen LogP contribution in [0.3, 0.4) is 0 Å². The zero-order valence-corrected chi connectivity index (χ0v) is 12.2. The zero-order valence-electron chi connectivity index (χ0n) is 12.2. The van der Waals surface area contributed by atoms with Gasteiger partial charge in [-0.3, -0.25) is 0 Å². The molecule has 0 aliphatic heterocycles. The number of benzene rings is 1. The fourth-order valence-corrected chi connectivity index (χ4v) is 1.99. The summed E-state index contributed by atoms with van der Waals surface area (Å²) in [6.45, 7) is 4.57. The maximum atomic E-state index is 13.0. The second-order valence-corrected chi connectivity index (χ2v) is 4.82. The van der Waals surface area contributed by atoms with Crippen LogP contribution in [0.1, 0.15) is 11.5 Å². The van der Waals surface area contributed by atoms with Crippen LogP contribution in [0.15, 0.2) is 22.6 Å². The van der Waals surface area contributed by atoms with Gasteiger partial charge >= 0.3 is 18.4 Å². The van der Waals surface area contributed by atoms with Gasteiger partial charge in [0.15, 0.2) is 5.69 Å². The number of nitrogens with zero attached hydrogens (tertiary/aromatic N) is 4. The Balaban J connectivity index is 2.44. The number of rotatable bonds is 4. The first-order valence-corrected chi connectivity index (χ1v) is 6.48. The SMILES string of the molecule is [C-]#[N+]c1ccc(N(Cc2nnc(N)o2)CC(F)(F)F)cc1C(F)(F)F. The van der Waals surface area contributed by atoms with Crippen LogP contribution in [0.2, 0.25) is 0 Å². The number of alkyl halides is 6. The fourth-order valence-electron chi connectivity index (χ4n) is 1.99. The van der Waals surface area contributed by atoms with Crippen LogP contribution < -0.4 is 10.6 Å². The first-order valence-electron chi connectivity index (χ1n) is 6.48. The Bertz CT molecular complexity index is 791. The maximum Gasteiger partial charge on any atom is 0.407 e. The molecule has 0 saturated carbocycles. The summed E-state index contributed by atoms with van der Waals surface area (Å²) < 4.78 is 82.1. The third kappa shape index (κ3) is 4.75. The van der Waals surface area contributed by atoms with Gasteiger partial charge in [-0.05, 0) is 12.1 Å². The van der Waals surface area contributed by atoms with Gasteiger partial charge in [0, 0.05) is 5.69 Å². The van der Waals surface area contributed by atoms with Gasteiger partial charge in [-0.2, -0.15) is 26.3 Å². The van der Waals surface area contributed by atoms with Crippen molar-refractivity contribution in [3.8, 4) is 0 Å². The van der Waals surface area contributed by atoms with E-state index in [-0.39, 0.29) is 11.9 Å². The number of hydrogen-bond donors (Lipinski definition) is 1. The lowest BCUT2D eigenvalue weighted by Gasteiger charge is -2.25. The molecule has 2 N–H and O–H groups in total. The highest BCUT2D eigenvalue weighted by Crippen LogP contribution is 2.39. The van der Waals surface area contributed by atoms with E-state index in [1.54, 1.807) is 0 Å². The summed E-state index contributed by atoms with van der Waals surface area (Å²) in [6, 6.07) is 1.87. The van der Waals surface area contributed by atoms with Gasteiger partial charge in [0.25, 0.3) is 0 Å². The molecule has 0 amide bonds. The second kappa shape index (κ2) is 6.50. The average molecular weight is 365 g/mol. The Morgan fingerprint density at radius 2 is 1.84 bits per heavy atom. The smallest absolute Gasteiger partial charge is 0.406 e. The van der Waals surface area contributed by atoms with Crippen molar-refractivity contribution in [2.75, 3.05) is 17.2 Å². The fraction of sp³-hybridized carbons (Fsp3) is 0.308. The molecular weight excluding hydrogens is 356 g/mol. The normalized spacial score (nSPS) is 12.0. The lowest BCUT2D eigenvalue weighted by molar-refractivity contribution is -0.136. The molecule has 0 atom stereocenters. The van der Waals surface area contributed by atoms with Crippen molar-refractivity contribution in [1.82, 2.24) is 10.2 Å². The van der Waals surface area contributed by atoms with Crippen molar-refractivity contribution in [3.05, 3.63) is 41.1 Å². The first-order chi connectivity index (χ1) is 11.5. The highest BCUT2D eigenvalue weighted by atomic mass is 19.4. The van der Waals surface area contributed by atoms with Crippen LogP contribution in [-0.4, -0.2) is 22.9 Å².